The Morgan fingerprint density at radius 3 is 2.29 bits per heavy atom. The maximum Gasteiger partial charge on any atom is 0.00557 e. The lowest BCUT2D eigenvalue weighted by atomic mass is 10.8. The summed E-state index contributed by atoms with van der Waals surface area (Å²) in [4.78, 5) is 0. The van der Waals surface area contributed by atoms with Gasteiger partial charge in [0.2, 0.25) is 0 Å². The van der Waals surface area contributed by atoms with Crippen molar-refractivity contribution < 1.29 is 0 Å². The van der Waals surface area contributed by atoms with E-state index in [1.54, 1.807) is 0 Å². The molecule has 0 unspecified atom stereocenters. The van der Waals surface area contributed by atoms with Crippen LogP contribution in [-0.2, 0) is 0 Å². The highest BCUT2D eigenvalue weighted by Gasteiger charge is 1.74. The van der Waals surface area contributed by atoms with Crippen LogP contribution in [0.3, 0.4) is 0 Å². The summed E-state index contributed by atoms with van der Waals surface area (Å²) >= 11 is 1.88. The molecule has 0 aromatic heterocycles. The first kappa shape index (κ1) is 10.6. The molecular weight excluding hydrogens is 130 g/mol. The second-order valence-corrected chi connectivity index (χ2v) is 2.38. The van der Waals surface area contributed by atoms with E-state index in [2.05, 4.69) is 6.92 Å². The summed E-state index contributed by atoms with van der Waals surface area (Å²) in [5, 5.41) is 0. The molecule has 0 atom stereocenters. The van der Waals surface area contributed by atoms with Crippen molar-refractivity contribution in [1.82, 2.24) is 0 Å². The van der Waals surface area contributed by atoms with Crippen LogP contribution in [0, 0.1) is 0 Å². The van der Waals surface area contributed by atoms with Crippen molar-refractivity contribution in [1.29, 1.82) is 0 Å². The van der Waals surface area contributed by atoms with Crippen molar-refractivity contribution in [3.05, 3.63) is 0 Å². The molecule has 0 rings (SSSR count). The molecule has 46 valence electrons. The number of thioether (sulfide) groups is 1. The highest BCUT2D eigenvalue weighted by atomic mass is 35.5. The molecule has 0 aliphatic carbocycles. The van der Waals surface area contributed by atoms with Crippen molar-refractivity contribution in [2.45, 2.75) is 6.92 Å². The molecule has 0 heterocycles. The van der Waals surface area contributed by atoms with Crippen LogP contribution in [0.5, 0.6) is 0 Å². The normalized spacial score (nSPS) is 7.71. The molecule has 0 saturated heterocycles. The number of hydrogen-bond acceptors (Lipinski definition) is 2. The summed E-state index contributed by atoms with van der Waals surface area (Å²) in [6.45, 7) is 2.96. The van der Waals surface area contributed by atoms with E-state index in [-0.39, 0.29) is 12.4 Å². The van der Waals surface area contributed by atoms with E-state index in [0.29, 0.717) is 0 Å². The van der Waals surface area contributed by atoms with E-state index < -0.39 is 0 Å². The topological polar surface area (TPSA) is 26.0 Å². The molecular formula is C4H12ClNS. The van der Waals surface area contributed by atoms with Gasteiger partial charge in [-0.1, -0.05) is 6.92 Å². The molecule has 0 fully saturated rings. The minimum Gasteiger partial charge on any atom is -0.330 e. The zero-order valence-corrected chi connectivity index (χ0v) is 6.15. The third-order valence-electron chi connectivity index (χ3n) is 0.466. The fourth-order valence-corrected chi connectivity index (χ4v) is 0.683. The predicted molar refractivity (Wildman–Crippen MR) is 39.3 cm³/mol. The van der Waals surface area contributed by atoms with Gasteiger partial charge in [-0.15, -0.1) is 12.4 Å². The standard InChI is InChI=1S/C4H11NS.ClH/c1-2-6-4-3-5;/h2-5H2,1H3;1H. The Morgan fingerprint density at radius 2 is 2.14 bits per heavy atom. The molecule has 0 saturated carbocycles. The number of hydrogen-bond donors (Lipinski definition) is 1. The summed E-state index contributed by atoms with van der Waals surface area (Å²) in [6, 6.07) is 0. The lowest BCUT2D eigenvalue weighted by Gasteiger charge is -1.87. The van der Waals surface area contributed by atoms with Gasteiger partial charge in [-0.05, 0) is 5.75 Å². The summed E-state index contributed by atoms with van der Waals surface area (Å²) < 4.78 is 0. The molecule has 0 amide bonds. The average molecular weight is 142 g/mol. The van der Waals surface area contributed by atoms with E-state index >= 15 is 0 Å². The van der Waals surface area contributed by atoms with Gasteiger partial charge in [-0.3, -0.25) is 0 Å². The van der Waals surface area contributed by atoms with E-state index in [0.717, 1.165) is 12.3 Å². The third-order valence-corrected chi connectivity index (χ3v) is 1.40. The summed E-state index contributed by atoms with van der Waals surface area (Å²) in [7, 11) is 0. The van der Waals surface area contributed by atoms with E-state index in [9.17, 15) is 0 Å². The van der Waals surface area contributed by atoms with Gasteiger partial charge in [0.05, 0.1) is 0 Å². The van der Waals surface area contributed by atoms with Crippen LogP contribution < -0.4 is 5.73 Å². The maximum atomic E-state index is 5.19. The number of nitrogens with two attached hydrogens (primary N) is 1. The van der Waals surface area contributed by atoms with Gasteiger partial charge in [0.25, 0.3) is 0 Å². The van der Waals surface area contributed by atoms with Gasteiger partial charge < -0.3 is 5.73 Å². The zero-order chi connectivity index (χ0) is 4.83. The molecule has 0 aliphatic heterocycles. The van der Waals surface area contributed by atoms with Crippen LogP contribution >= 0.6 is 24.2 Å². The molecule has 1 nitrogen and oxygen atoms in total. The minimum absolute atomic E-state index is 0. The van der Waals surface area contributed by atoms with Crippen LogP contribution in [0.2, 0.25) is 0 Å². The Bertz CT molecular complexity index is 23.7. The monoisotopic (exact) mass is 141 g/mol. The second kappa shape index (κ2) is 9.78. The molecule has 0 radical (unpaired) electrons. The first-order chi connectivity index (χ1) is 2.91. The number of rotatable bonds is 3. The van der Waals surface area contributed by atoms with Crippen molar-refractivity contribution in [3.63, 3.8) is 0 Å². The van der Waals surface area contributed by atoms with Crippen molar-refractivity contribution in [2.24, 2.45) is 5.73 Å². The highest BCUT2D eigenvalue weighted by molar-refractivity contribution is 7.99. The Labute approximate surface area is 55.5 Å². The van der Waals surface area contributed by atoms with Gasteiger partial charge in [-0.2, -0.15) is 11.8 Å². The van der Waals surface area contributed by atoms with Gasteiger partial charge in [-0.25, -0.2) is 0 Å². The maximum absolute atomic E-state index is 5.19. The lowest BCUT2D eigenvalue weighted by Crippen LogP contribution is -2.00. The van der Waals surface area contributed by atoms with E-state index in [4.69, 9.17) is 5.73 Å². The Kier molecular flexibility index (Phi) is 14.8. The Hall–Kier alpha value is 0.600. The van der Waals surface area contributed by atoms with Crippen LogP contribution in [0.15, 0.2) is 0 Å². The number of halogens is 1. The molecule has 3 heteroatoms. The van der Waals surface area contributed by atoms with Crippen LogP contribution in [0.4, 0.5) is 0 Å². The van der Waals surface area contributed by atoms with Gasteiger partial charge >= 0.3 is 0 Å². The highest BCUT2D eigenvalue weighted by Crippen LogP contribution is 1.93. The van der Waals surface area contributed by atoms with Crippen LogP contribution in [-0.4, -0.2) is 18.1 Å². The van der Waals surface area contributed by atoms with Gasteiger partial charge in [0.1, 0.15) is 0 Å². The van der Waals surface area contributed by atoms with Gasteiger partial charge in [0.15, 0.2) is 0 Å². The van der Waals surface area contributed by atoms with Crippen LogP contribution in [0.1, 0.15) is 6.92 Å². The molecule has 0 aliphatic rings. The first-order valence-electron chi connectivity index (χ1n) is 2.19. The predicted octanol–water partition coefficient (Wildman–Crippen LogP) is 1.12. The summed E-state index contributed by atoms with van der Waals surface area (Å²) in [6.07, 6.45) is 0. The Morgan fingerprint density at radius 1 is 1.57 bits per heavy atom. The van der Waals surface area contributed by atoms with E-state index in [1.165, 1.54) is 5.75 Å². The SMILES string of the molecule is CCSCCN.Cl. The molecule has 0 bridgehead atoms. The quantitative estimate of drug-likeness (QED) is 0.597. The molecule has 7 heavy (non-hydrogen) atoms. The first-order valence-corrected chi connectivity index (χ1v) is 3.35. The van der Waals surface area contributed by atoms with Gasteiger partial charge in [0, 0.05) is 12.3 Å². The van der Waals surface area contributed by atoms with Crippen molar-refractivity contribution in [2.75, 3.05) is 18.1 Å². The second-order valence-electron chi connectivity index (χ2n) is 0.986. The fourth-order valence-electron chi connectivity index (χ4n) is 0.228. The largest absolute Gasteiger partial charge is 0.330 e. The molecule has 0 aromatic rings. The summed E-state index contributed by atoms with van der Waals surface area (Å²) in [5.74, 6) is 2.30. The Balaban J connectivity index is 0. The third kappa shape index (κ3) is 10.8. The summed E-state index contributed by atoms with van der Waals surface area (Å²) in [5.41, 5.74) is 5.19. The van der Waals surface area contributed by atoms with Crippen molar-refractivity contribution >= 4 is 24.2 Å². The van der Waals surface area contributed by atoms with Crippen LogP contribution in [0.25, 0.3) is 0 Å². The average Bonchev–Trinajstić information content (AvgIpc) is 1.61. The molecule has 2 N–H and O–H groups in total. The smallest absolute Gasteiger partial charge is 0.00557 e. The fraction of sp³-hybridized carbons (Fsp3) is 1.00. The van der Waals surface area contributed by atoms with E-state index in [1.807, 2.05) is 11.8 Å². The molecule has 0 spiro atoms. The lowest BCUT2D eigenvalue weighted by molar-refractivity contribution is 1.15. The van der Waals surface area contributed by atoms with Crippen molar-refractivity contribution in [3.8, 4) is 0 Å². The minimum atomic E-state index is 0. The molecule has 0 aromatic carbocycles. The zero-order valence-electron chi connectivity index (χ0n) is 4.52.